The summed E-state index contributed by atoms with van der Waals surface area (Å²) < 4.78 is 6.06. The molecule has 154 valence electrons. The molecule has 0 spiro atoms. The molecule has 7 heteroatoms. The van der Waals surface area contributed by atoms with Gasteiger partial charge >= 0.3 is 0 Å². The van der Waals surface area contributed by atoms with E-state index in [1.165, 1.54) is 6.08 Å². The number of likely N-dealkylation sites (tertiary alicyclic amines) is 1. The van der Waals surface area contributed by atoms with Crippen molar-refractivity contribution in [3.05, 3.63) is 54.2 Å². The van der Waals surface area contributed by atoms with E-state index in [-0.39, 0.29) is 23.7 Å². The molecule has 2 N–H and O–H groups in total. The fraction of sp³-hybridized carbons (Fsp3) is 0.348. The Bertz CT molecular complexity index is 1120. The molecule has 0 aliphatic carbocycles. The van der Waals surface area contributed by atoms with E-state index in [0.717, 1.165) is 42.5 Å². The van der Waals surface area contributed by atoms with Gasteiger partial charge in [-0.25, -0.2) is 0 Å². The molecule has 4 heterocycles. The van der Waals surface area contributed by atoms with Gasteiger partial charge in [-0.3, -0.25) is 4.79 Å². The lowest BCUT2D eigenvalue weighted by Crippen LogP contribution is -2.26. The molecular weight excluding hydrogens is 380 g/mol. The summed E-state index contributed by atoms with van der Waals surface area (Å²) in [5.41, 5.74) is 4.19. The maximum atomic E-state index is 12.1. The Morgan fingerprint density at radius 1 is 1.30 bits per heavy atom. The van der Waals surface area contributed by atoms with Crippen LogP contribution in [0.4, 0.5) is 0 Å². The number of para-hydroxylation sites is 1. The highest BCUT2D eigenvalue weighted by atomic mass is 16.5. The zero-order valence-corrected chi connectivity index (χ0v) is 16.7. The van der Waals surface area contributed by atoms with Gasteiger partial charge in [-0.05, 0) is 43.5 Å². The van der Waals surface area contributed by atoms with E-state index >= 15 is 0 Å². The molecule has 5 rings (SSSR count). The van der Waals surface area contributed by atoms with Crippen LogP contribution in [0.5, 0.6) is 5.75 Å². The Balaban J connectivity index is 1.61. The first-order chi connectivity index (χ1) is 14.7. The Kier molecular flexibility index (Phi) is 4.75. The largest absolute Gasteiger partial charge is 0.507 e. The molecule has 1 aromatic carbocycles. The molecule has 2 aliphatic rings. The number of fused-ring (bicyclic) bond motifs is 1. The number of H-pyrrole nitrogens is 1. The number of aromatic nitrogens is 3. The number of hydrogen-bond acceptors (Lipinski definition) is 5. The molecule has 1 amide bonds. The lowest BCUT2D eigenvalue weighted by molar-refractivity contribution is -0.125. The first kappa shape index (κ1) is 18.8. The predicted octanol–water partition coefficient (Wildman–Crippen LogP) is 3.68. The van der Waals surface area contributed by atoms with E-state index in [1.54, 1.807) is 12.1 Å². The number of rotatable bonds is 4. The minimum absolute atomic E-state index is 0.000624. The zero-order chi connectivity index (χ0) is 20.7. The number of phenolic OH excluding ortho intramolecular Hbond substituents is 1. The van der Waals surface area contributed by atoms with Crippen molar-refractivity contribution in [2.75, 3.05) is 19.7 Å². The molecule has 0 radical (unpaired) electrons. The molecule has 0 bridgehead atoms. The molecule has 2 aromatic heterocycles. The number of phenols is 1. The molecule has 7 nitrogen and oxygen atoms in total. The fourth-order valence-corrected chi connectivity index (χ4v) is 4.65. The summed E-state index contributed by atoms with van der Waals surface area (Å²) in [6, 6.07) is 9.12. The number of aromatic hydroxyl groups is 1. The normalized spacial score (nSPS) is 21.4. The second kappa shape index (κ2) is 7.57. The van der Waals surface area contributed by atoms with E-state index < -0.39 is 0 Å². The summed E-state index contributed by atoms with van der Waals surface area (Å²) in [4.78, 5) is 17.4. The summed E-state index contributed by atoms with van der Waals surface area (Å²) in [7, 11) is 0. The van der Waals surface area contributed by atoms with Gasteiger partial charge in [0.2, 0.25) is 5.91 Å². The Morgan fingerprint density at radius 2 is 2.17 bits per heavy atom. The van der Waals surface area contributed by atoms with Gasteiger partial charge in [-0.1, -0.05) is 18.7 Å². The van der Waals surface area contributed by atoms with Gasteiger partial charge in [0.15, 0.2) is 5.65 Å². The van der Waals surface area contributed by atoms with Gasteiger partial charge in [0, 0.05) is 47.8 Å². The second-order valence-electron chi connectivity index (χ2n) is 7.94. The van der Waals surface area contributed by atoms with E-state index in [4.69, 9.17) is 4.74 Å². The molecule has 0 saturated carbocycles. The first-order valence-electron chi connectivity index (χ1n) is 10.4. The SMILES string of the molecule is C=CC(=O)N1CC[C@H](c2[nH]c3nnc(-c4ccccc4O)cc3c2[C@H]2CCCO2)C1. The summed E-state index contributed by atoms with van der Waals surface area (Å²) in [6.07, 6.45) is 4.23. The maximum Gasteiger partial charge on any atom is 0.245 e. The maximum absolute atomic E-state index is 12.1. The molecule has 2 saturated heterocycles. The van der Waals surface area contributed by atoms with E-state index in [0.29, 0.717) is 30.0 Å². The topological polar surface area (TPSA) is 91.3 Å². The Morgan fingerprint density at radius 3 is 2.93 bits per heavy atom. The highest BCUT2D eigenvalue weighted by Crippen LogP contribution is 2.41. The first-order valence-corrected chi connectivity index (χ1v) is 10.4. The van der Waals surface area contributed by atoms with Crippen molar-refractivity contribution in [3.63, 3.8) is 0 Å². The van der Waals surface area contributed by atoms with Crippen LogP contribution in [-0.2, 0) is 9.53 Å². The molecule has 2 fully saturated rings. The number of nitrogens with one attached hydrogen (secondary N) is 1. The number of benzene rings is 1. The number of hydrogen-bond donors (Lipinski definition) is 2. The third-order valence-electron chi connectivity index (χ3n) is 6.14. The zero-order valence-electron chi connectivity index (χ0n) is 16.7. The number of amides is 1. The summed E-state index contributed by atoms with van der Waals surface area (Å²) in [5, 5.41) is 20.0. The van der Waals surface area contributed by atoms with E-state index in [9.17, 15) is 9.90 Å². The number of ether oxygens (including phenoxy) is 1. The van der Waals surface area contributed by atoms with Gasteiger partial charge in [-0.2, -0.15) is 0 Å². The van der Waals surface area contributed by atoms with Gasteiger partial charge in [0.25, 0.3) is 0 Å². The minimum atomic E-state index is -0.0334. The van der Waals surface area contributed by atoms with Crippen LogP contribution >= 0.6 is 0 Å². The van der Waals surface area contributed by atoms with Crippen molar-refractivity contribution < 1.29 is 14.6 Å². The third kappa shape index (κ3) is 3.15. The van der Waals surface area contributed by atoms with Crippen LogP contribution in [0.25, 0.3) is 22.3 Å². The van der Waals surface area contributed by atoms with Crippen LogP contribution in [-0.4, -0.2) is 50.8 Å². The van der Waals surface area contributed by atoms with Crippen molar-refractivity contribution in [1.29, 1.82) is 0 Å². The van der Waals surface area contributed by atoms with Crippen LogP contribution in [0, 0.1) is 0 Å². The Hall–Kier alpha value is -3.19. The van der Waals surface area contributed by atoms with Gasteiger partial charge in [0.1, 0.15) is 5.75 Å². The average molecular weight is 404 g/mol. The smallest absolute Gasteiger partial charge is 0.245 e. The second-order valence-corrected chi connectivity index (χ2v) is 7.94. The van der Waals surface area contributed by atoms with E-state index in [1.807, 2.05) is 23.1 Å². The van der Waals surface area contributed by atoms with Crippen molar-refractivity contribution in [1.82, 2.24) is 20.1 Å². The summed E-state index contributed by atoms with van der Waals surface area (Å²) in [6.45, 7) is 5.71. The highest BCUT2D eigenvalue weighted by Gasteiger charge is 2.33. The lowest BCUT2D eigenvalue weighted by Gasteiger charge is -2.17. The van der Waals surface area contributed by atoms with E-state index in [2.05, 4.69) is 21.8 Å². The molecule has 0 unspecified atom stereocenters. The quantitative estimate of drug-likeness (QED) is 0.647. The van der Waals surface area contributed by atoms with Crippen molar-refractivity contribution in [3.8, 4) is 17.0 Å². The standard InChI is InChI=1S/C23H24N4O3/c1-2-20(29)27-10-9-14(13-27)22-21(19-8-5-11-30-19)16-12-17(25-26-23(16)24-22)15-6-3-4-7-18(15)28/h2-4,6-7,12,14,19,28H,1,5,8-11,13H2,(H,24,26)/t14-,19+/m0/s1. The molecule has 3 aromatic rings. The van der Waals surface area contributed by atoms with Crippen LogP contribution in [0.3, 0.4) is 0 Å². The monoisotopic (exact) mass is 404 g/mol. The minimum Gasteiger partial charge on any atom is -0.507 e. The molecule has 2 aliphatic heterocycles. The Labute approximate surface area is 174 Å². The molecule has 30 heavy (non-hydrogen) atoms. The van der Waals surface area contributed by atoms with Gasteiger partial charge < -0.3 is 19.7 Å². The number of carbonyl (C=O) groups excluding carboxylic acids is 1. The summed E-state index contributed by atoms with van der Waals surface area (Å²) in [5.74, 6) is 0.333. The summed E-state index contributed by atoms with van der Waals surface area (Å²) >= 11 is 0. The van der Waals surface area contributed by atoms with Crippen LogP contribution in [0.15, 0.2) is 43.0 Å². The van der Waals surface area contributed by atoms with Crippen molar-refractivity contribution in [2.45, 2.75) is 31.3 Å². The number of carbonyl (C=O) groups is 1. The fourth-order valence-electron chi connectivity index (χ4n) is 4.65. The van der Waals surface area contributed by atoms with Crippen LogP contribution < -0.4 is 0 Å². The predicted molar refractivity (Wildman–Crippen MR) is 113 cm³/mol. The van der Waals surface area contributed by atoms with Crippen LogP contribution in [0.1, 0.15) is 42.5 Å². The van der Waals surface area contributed by atoms with Crippen LogP contribution in [0.2, 0.25) is 0 Å². The highest BCUT2D eigenvalue weighted by molar-refractivity contribution is 5.88. The molecule has 2 atom stereocenters. The number of aromatic amines is 1. The van der Waals surface area contributed by atoms with Gasteiger partial charge in [0.05, 0.1) is 11.8 Å². The lowest BCUT2D eigenvalue weighted by atomic mass is 9.95. The number of nitrogens with zero attached hydrogens (tertiary/aromatic N) is 3. The van der Waals surface area contributed by atoms with Crippen molar-refractivity contribution in [2.24, 2.45) is 0 Å². The van der Waals surface area contributed by atoms with Gasteiger partial charge in [-0.15, -0.1) is 10.2 Å². The average Bonchev–Trinajstić information content (AvgIpc) is 3.51. The third-order valence-corrected chi connectivity index (χ3v) is 6.14. The molecular formula is C23H24N4O3. The van der Waals surface area contributed by atoms with Crippen molar-refractivity contribution >= 4 is 16.9 Å².